The zero-order valence-electron chi connectivity index (χ0n) is 7.95. The summed E-state index contributed by atoms with van der Waals surface area (Å²) in [6.07, 6.45) is 0. The van der Waals surface area contributed by atoms with Gasteiger partial charge >= 0.3 is 0 Å². The van der Waals surface area contributed by atoms with E-state index in [0.29, 0.717) is 0 Å². The highest BCUT2D eigenvalue weighted by atomic mass is 79.9. The molecule has 74 valence electrons. The SMILES string of the molecule is CC(C)(C)NCc1cc(Br)sc1Br. The summed E-state index contributed by atoms with van der Waals surface area (Å²) in [6, 6.07) is 2.15. The van der Waals surface area contributed by atoms with Gasteiger partial charge in [-0.2, -0.15) is 0 Å². The van der Waals surface area contributed by atoms with Crippen LogP contribution in [0.15, 0.2) is 13.6 Å². The predicted octanol–water partition coefficient (Wildman–Crippen LogP) is 4.16. The molecule has 0 unspecified atom stereocenters. The Bertz CT molecular complexity index is 288. The molecule has 0 saturated heterocycles. The predicted molar refractivity (Wildman–Crippen MR) is 66.3 cm³/mol. The standard InChI is InChI=1S/C9H13Br2NS/c1-9(2,3)12-5-6-4-7(10)13-8(6)11/h4,12H,5H2,1-3H3. The second-order valence-corrected chi connectivity index (χ2v) is 7.70. The number of hydrogen-bond donors (Lipinski definition) is 1. The third kappa shape index (κ3) is 4.11. The second-order valence-electron chi connectivity index (χ2n) is 3.95. The van der Waals surface area contributed by atoms with Crippen LogP contribution in [0.2, 0.25) is 0 Å². The molecule has 4 heteroatoms. The molecule has 1 rings (SSSR count). The molecule has 0 saturated carbocycles. The first-order valence-electron chi connectivity index (χ1n) is 4.07. The Balaban J connectivity index is 2.59. The largest absolute Gasteiger partial charge is 0.308 e. The maximum atomic E-state index is 3.53. The summed E-state index contributed by atoms with van der Waals surface area (Å²) < 4.78 is 2.38. The molecular formula is C9H13Br2NS. The van der Waals surface area contributed by atoms with E-state index in [1.54, 1.807) is 11.3 Å². The maximum Gasteiger partial charge on any atom is 0.0755 e. The minimum atomic E-state index is 0.174. The van der Waals surface area contributed by atoms with Crippen LogP contribution in [0, 0.1) is 0 Å². The lowest BCUT2D eigenvalue weighted by molar-refractivity contribution is 0.424. The molecule has 13 heavy (non-hydrogen) atoms. The summed E-state index contributed by atoms with van der Waals surface area (Å²) in [5, 5.41) is 3.45. The van der Waals surface area contributed by atoms with E-state index in [2.05, 4.69) is 64.0 Å². The van der Waals surface area contributed by atoms with Crippen molar-refractivity contribution in [1.82, 2.24) is 5.32 Å². The Morgan fingerprint density at radius 1 is 1.38 bits per heavy atom. The van der Waals surface area contributed by atoms with Crippen molar-refractivity contribution in [2.75, 3.05) is 0 Å². The van der Waals surface area contributed by atoms with E-state index in [-0.39, 0.29) is 5.54 Å². The highest BCUT2D eigenvalue weighted by Gasteiger charge is 2.11. The fourth-order valence-electron chi connectivity index (χ4n) is 0.855. The fraction of sp³-hybridized carbons (Fsp3) is 0.556. The summed E-state index contributed by atoms with van der Waals surface area (Å²) in [6.45, 7) is 7.42. The molecule has 0 bridgehead atoms. The smallest absolute Gasteiger partial charge is 0.0755 e. The summed E-state index contributed by atoms with van der Waals surface area (Å²) in [5.41, 5.74) is 1.49. The highest BCUT2D eigenvalue weighted by Crippen LogP contribution is 2.31. The summed E-state index contributed by atoms with van der Waals surface area (Å²) in [5.74, 6) is 0. The minimum absolute atomic E-state index is 0.174. The molecule has 0 aliphatic carbocycles. The van der Waals surface area contributed by atoms with Crippen LogP contribution < -0.4 is 5.32 Å². The molecule has 1 N–H and O–H groups in total. The normalized spacial score (nSPS) is 12.1. The van der Waals surface area contributed by atoms with Gasteiger partial charge in [-0.05, 0) is 64.3 Å². The third-order valence-corrected chi connectivity index (χ3v) is 4.00. The first-order chi connectivity index (χ1) is 5.88. The Morgan fingerprint density at radius 2 is 2.00 bits per heavy atom. The molecule has 0 aliphatic rings. The Morgan fingerprint density at radius 3 is 2.38 bits per heavy atom. The first-order valence-corrected chi connectivity index (χ1v) is 6.47. The molecule has 0 amide bonds. The molecule has 0 radical (unpaired) electrons. The van der Waals surface area contributed by atoms with Crippen LogP contribution >= 0.6 is 43.2 Å². The third-order valence-electron chi connectivity index (χ3n) is 1.54. The number of halogens is 2. The lowest BCUT2D eigenvalue weighted by Gasteiger charge is -2.20. The lowest BCUT2D eigenvalue weighted by atomic mass is 10.1. The van der Waals surface area contributed by atoms with E-state index in [9.17, 15) is 0 Å². The van der Waals surface area contributed by atoms with Crippen molar-refractivity contribution >= 4 is 43.2 Å². The molecule has 0 spiro atoms. The van der Waals surface area contributed by atoms with Crippen molar-refractivity contribution in [2.45, 2.75) is 32.9 Å². The molecule has 1 nitrogen and oxygen atoms in total. The van der Waals surface area contributed by atoms with Gasteiger partial charge in [0.05, 0.1) is 7.57 Å². The fourth-order valence-corrected chi connectivity index (χ4v) is 3.68. The van der Waals surface area contributed by atoms with Crippen LogP contribution in [0.5, 0.6) is 0 Å². The molecule has 1 heterocycles. The van der Waals surface area contributed by atoms with Crippen LogP contribution in [0.1, 0.15) is 26.3 Å². The number of thiophene rings is 1. The van der Waals surface area contributed by atoms with Gasteiger partial charge in [-0.15, -0.1) is 11.3 Å². The van der Waals surface area contributed by atoms with Crippen molar-refractivity contribution in [1.29, 1.82) is 0 Å². The lowest BCUT2D eigenvalue weighted by Crippen LogP contribution is -2.34. The molecule has 0 aliphatic heterocycles. The van der Waals surface area contributed by atoms with Gasteiger partial charge in [-0.25, -0.2) is 0 Å². The van der Waals surface area contributed by atoms with Crippen LogP contribution in [0.4, 0.5) is 0 Å². The van der Waals surface area contributed by atoms with Gasteiger partial charge in [0, 0.05) is 12.1 Å². The second kappa shape index (κ2) is 4.43. The number of rotatable bonds is 2. The van der Waals surface area contributed by atoms with E-state index in [1.165, 1.54) is 13.1 Å². The van der Waals surface area contributed by atoms with Crippen LogP contribution in [-0.2, 0) is 6.54 Å². The summed E-state index contributed by atoms with van der Waals surface area (Å²) in [4.78, 5) is 0. The Labute approximate surface area is 100 Å². The minimum Gasteiger partial charge on any atom is -0.308 e. The number of nitrogens with one attached hydrogen (secondary N) is 1. The van der Waals surface area contributed by atoms with Crippen molar-refractivity contribution < 1.29 is 0 Å². The van der Waals surface area contributed by atoms with Crippen molar-refractivity contribution in [3.8, 4) is 0 Å². The highest BCUT2D eigenvalue weighted by molar-refractivity contribution is 9.12. The van der Waals surface area contributed by atoms with Crippen molar-refractivity contribution in [2.24, 2.45) is 0 Å². The van der Waals surface area contributed by atoms with Gasteiger partial charge in [-0.3, -0.25) is 0 Å². The average molecular weight is 327 g/mol. The first kappa shape index (κ1) is 11.7. The van der Waals surface area contributed by atoms with E-state index < -0.39 is 0 Å². The summed E-state index contributed by atoms with van der Waals surface area (Å²) in [7, 11) is 0. The summed E-state index contributed by atoms with van der Waals surface area (Å²) >= 11 is 8.71. The molecule has 0 atom stereocenters. The van der Waals surface area contributed by atoms with E-state index in [0.717, 1.165) is 6.54 Å². The van der Waals surface area contributed by atoms with Gasteiger partial charge < -0.3 is 5.32 Å². The van der Waals surface area contributed by atoms with E-state index in [4.69, 9.17) is 0 Å². The topological polar surface area (TPSA) is 12.0 Å². The Hall–Kier alpha value is 0.620. The monoisotopic (exact) mass is 325 g/mol. The zero-order chi connectivity index (χ0) is 10.1. The van der Waals surface area contributed by atoms with Gasteiger partial charge in [0.1, 0.15) is 0 Å². The molecule has 0 aromatic carbocycles. The molecule has 0 fully saturated rings. The molecule has 1 aromatic rings. The van der Waals surface area contributed by atoms with Gasteiger partial charge in [0.25, 0.3) is 0 Å². The van der Waals surface area contributed by atoms with Crippen LogP contribution in [0.25, 0.3) is 0 Å². The van der Waals surface area contributed by atoms with Gasteiger partial charge in [0.15, 0.2) is 0 Å². The van der Waals surface area contributed by atoms with Gasteiger partial charge in [0.2, 0.25) is 0 Å². The quantitative estimate of drug-likeness (QED) is 0.860. The van der Waals surface area contributed by atoms with E-state index >= 15 is 0 Å². The molecule has 1 aromatic heterocycles. The van der Waals surface area contributed by atoms with Gasteiger partial charge in [-0.1, -0.05) is 0 Å². The van der Waals surface area contributed by atoms with Crippen molar-refractivity contribution in [3.63, 3.8) is 0 Å². The zero-order valence-corrected chi connectivity index (χ0v) is 11.9. The van der Waals surface area contributed by atoms with Crippen molar-refractivity contribution in [3.05, 3.63) is 19.2 Å². The number of hydrogen-bond acceptors (Lipinski definition) is 2. The molecular weight excluding hydrogens is 314 g/mol. The van der Waals surface area contributed by atoms with E-state index in [1.807, 2.05) is 0 Å². The maximum absolute atomic E-state index is 3.53. The van der Waals surface area contributed by atoms with Crippen LogP contribution in [-0.4, -0.2) is 5.54 Å². The van der Waals surface area contributed by atoms with Crippen LogP contribution in [0.3, 0.4) is 0 Å². The Kier molecular flexibility index (Phi) is 3.98. The average Bonchev–Trinajstić information content (AvgIpc) is 2.24.